The number of ether oxygens (including phenoxy) is 2. The van der Waals surface area contributed by atoms with Gasteiger partial charge in [-0.1, -0.05) is 18.2 Å². The van der Waals surface area contributed by atoms with Crippen molar-refractivity contribution >= 4 is 34.6 Å². The number of amides is 1. The predicted molar refractivity (Wildman–Crippen MR) is 110 cm³/mol. The molecule has 0 radical (unpaired) electrons. The molecule has 0 unspecified atom stereocenters. The molecule has 0 saturated carbocycles. The SMILES string of the molecule is COc1cc(/C=N/NC(=O)Cc2csc(N)n2)ccc1OC(=O)c1ccccc1. The van der Waals surface area contributed by atoms with Crippen LogP contribution in [-0.2, 0) is 11.2 Å². The van der Waals surface area contributed by atoms with Crippen LogP contribution in [0.25, 0.3) is 0 Å². The highest BCUT2D eigenvalue weighted by Gasteiger charge is 2.12. The van der Waals surface area contributed by atoms with Gasteiger partial charge in [0.2, 0.25) is 5.91 Å². The van der Waals surface area contributed by atoms with Gasteiger partial charge in [-0.2, -0.15) is 5.10 Å². The summed E-state index contributed by atoms with van der Waals surface area (Å²) >= 11 is 1.27. The Hall–Kier alpha value is -3.72. The number of nitrogens with one attached hydrogen (secondary N) is 1. The molecule has 0 aliphatic heterocycles. The molecule has 0 atom stereocenters. The molecule has 0 spiro atoms. The third-order valence-corrected chi connectivity index (χ3v) is 4.44. The Labute approximate surface area is 171 Å². The van der Waals surface area contributed by atoms with E-state index in [0.29, 0.717) is 27.7 Å². The number of rotatable bonds is 7. The number of nitrogens with zero attached hydrogens (tertiary/aromatic N) is 2. The molecule has 8 nitrogen and oxygen atoms in total. The molecule has 0 aliphatic rings. The summed E-state index contributed by atoms with van der Waals surface area (Å²) in [5.41, 5.74) is 9.64. The first-order chi connectivity index (χ1) is 14.0. The van der Waals surface area contributed by atoms with Crippen LogP contribution in [0, 0.1) is 0 Å². The van der Waals surface area contributed by atoms with Crippen molar-refractivity contribution < 1.29 is 19.1 Å². The molecule has 3 rings (SSSR count). The summed E-state index contributed by atoms with van der Waals surface area (Å²) in [5.74, 6) is -0.154. The Balaban J connectivity index is 1.61. The van der Waals surface area contributed by atoms with Crippen molar-refractivity contribution in [3.63, 3.8) is 0 Å². The van der Waals surface area contributed by atoms with Gasteiger partial charge in [-0.3, -0.25) is 4.79 Å². The number of carbonyl (C=O) groups is 2. The minimum atomic E-state index is -0.486. The third kappa shape index (κ3) is 5.63. The van der Waals surface area contributed by atoms with Crippen LogP contribution in [-0.4, -0.2) is 30.2 Å². The lowest BCUT2D eigenvalue weighted by atomic mass is 10.2. The van der Waals surface area contributed by atoms with Gasteiger partial charge in [-0.05, 0) is 35.9 Å². The van der Waals surface area contributed by atoms with Crippen molar-refractivity contribution in [3.8, 4) is 11.5 Å². The van der Waals surface area contributed by atoms with Crippen molar-refractivity contribution in [3.05, 3.63) is 70.7 Å². The summed E-state index contributed by atoms with van der Waals surface area (Å²) in [7, 11) is 1.47. The molecule has 1 amide bonds. The van der Waals surface area contributed by atoms with Crippen LogP contribution in [0.1, 0.15) is 21.6 Å². The number of nitrogen functional groups attached to an aromatic ring is 1. The minimum absolute atomic E-state index is 0.0860. The molecular formula is C20H18N4O4S. The molecule has 2 aromatic carbocycles. The molecule has 0 bridgehead atoms. The number of thiazole rings is 1. The summed E-state index contributed by atoms with van der Waals surface area (Å²) in [6.45, 7) is 0. The summed E-state index contributed by atoms with van der Waals surface area (Å²) in [5, 5.41) is 6.05. The number of hydrogen-bond donors (Lipinski definition) is 2. The van der Waals surface area contributed by atoms with E-state index < -0.39 is 5.97 Å². The Morgan fingerprint density at radius 2 is 2.00 bits per heavy atom. The maximum atomic E-state index is 12.2. The van der Waals surface area contributed by atoms with E-state index in [2.05, 4.69) is 15.5 Å². The predicted octanol–water partition coefficient (Wildman–Crippen LogP) is 2.65. The second-order valence-electron chi connectivity index (χ2n) is 5.81. The number of carbonyl (C=O) groups excluding carboxylic acids is 2. The van der Waals surface area contributed by atoms with Crippen LogP contribution in [0.4, 0.5) is 5.13 Å². The molecule has 1 aromatic heterocycles. The standard InChI is InChI=1S/C20H18N4O4S/c1-27-17-9-13(11-22-24-18(25)10-15-12-29-20(21)23-15)7-8-16(17)28-19(26)14-5-3-2-4-6-14/h2-9,11-12H,10H2,1H3,(H2,21,23)(H,24,25)/b22-11+. The lowest BCUT2D eigenvalue weighted by Gasteiger charge is -2.10. The molecule has 29 heavy (non-hydrogen) atoms. The van der Waals surface area contributed by atoms with E-state index in [1.54, 1.807) is 47.8 Å². The minimum Gasteiger partial charge on any atom is -0.493 e. The van der Waals surface area contributed by atoms with Crippen LogP contribution in [0.15, 0.2) is 59.0 Å². The summed E-state index contributed by atoms with van der Waals surface area (Å²) < 4.78 is 10.7. The fourth-order valence-corrected chi connectivity index (χ4v) is 2.93. The molecule has 148 valence electrons. The first-order valence-electron chi connectivity index (χ1n) is 8.52. The van der Waals surface area contributed by atoms with E-state index in [1.165, 1.54) is 24.7 Å². The molecule has 0 saturated heterocycles. The highest BCUT2D eigenvalue weighted by atomic mass is 32.1. The van der Waals surface area contributed by atoms with E-state index in [1.807, 2.05) is 6.07 Å². The highest BCUT2D eigenvalue weighted by Crippen LogP contribution is 2.28. The number of hydrazone groups is 1. The molecule has 3 aromatic rings. The van der Waals surface area contributed by atoms with Crippen LogP contribution in [0.5, 0.6) is 11.5 Å². The van der Waals surface area contributed by atoms with Gasteiger partial charge in [-0.15, -0.1) is 11.3 Å². The van der Waals surface area contributed by atoms with Gasteiger partial charge < -0.3 is 15.2 Å². The average molecular weight is 410 g/mol. The maximum absolute atomic E-state index is 12.2. The number of hydrogen-bond acceptors (Lipinski definition) is 8. The van der Waals surface area contributed by atoms with Crippen molar-refractivity contribution in [1.82, 2.24) is 10.4 Å². The number of nitrogens with two attached hydrogens (primary N) is 1. The van der Waals surface area contributed by atoms with Crippen LogP contribution in [0.2, 0.25) is 0 Å². The van der Waals surface area contributed by atoms with Gasteiger partial charge in [0.1, 0.15) is 0 Å². The zero-order valence-electron chi connectivity index (χ0n) is 15.5. The fourth-order valence-electron chi connectivity index (χ4n) is 2.37. The fraction of sp³-hybridized carbons (Fsp3) is 0.100. The van der Waals surface area contributed by atoms with E-state index >= 15 is 0 Å². The average Bonchev–Trinajstić information content (AvgIpc) is 3.14. The number of aromatic nitrogens is 1. The number of methoxy groups -OCH3 is 1. The van der Waals surface area contributed by atoms with Gasteiger partial charge in [0.15, 0.2) is 16.6 Å². The number of anilines is 1. The second kappa shape index (κ2) is 9.47. The first-order valence-corrected chi connectivity index (χ1v) is 9.40. The smallest absolute Gasteiger partial charge is 0.343 e. The highest BCUT2D eigenvalue weighted by molar-refractivity contribution is 7.13. The Morgan fingerprint density at radius 3 is 2.69 bits per heavy atom. The van der Waals surface area contributed by atoms with Crippen LogP contribution < -0.4 is 20.6 Å². The second-order valence-corrected chi connectivity index (χ2v) is 6.70. The van der Waals surface area contributed by atoms with Crippen LogP contribution in [0.3, 0.4) is 0 Å². The van der Waals surface area contributed by atoms with Crippen molar-refractivity contribution in [2.24, 2.45) is 5.10 Å². The van der Waals surface area contributed by atoms with E-state index in [9.17, 15) is 9.59 Å². The number of benzene rings is 2. The molecule has 0 aliphatic carbocycles. The molecule has 3 N–H and O–H groups in total. The van der Waals surface area contributed by atoms with Crippen molar-refractivity contribution in [2.75, 3.05) is 12.8 Å². The van der Waals surface area contributed by atoms with Gasteiger partial charge in [-0.25, -0.2) is 15.2 Å². The zero-order valence-corrected chi connectivity index (χ0v) is 16.3. The lowest BCUT2D eigenvalue weighted by molar-refractivity contribution is -0.120. The molecular weight excluding hydrogens is 392 g/mol. The Bertz CT molecular complexity index is 1030. The summed E-state index contributed by atoms with van der Waals surface area (Å²) in [4.78, 5) is 28.1. The third-order valence-electron chi connectivity index (χ3n) is 3.71. The Kier molecular flexibility index (Phi) is 6.54. The maximum Gasteiger partial charge on any atom is 0.343 e. The van der Waals surface area contributed by atoms with E-state index in [-0.39, 0.29) is 18.1 Å². The van der Waals surface area contributed by atoms with Crippen LogP contribution >= 0.6 is 11.3 Å². The molecule has 0 fully saturated rings. The van der Waals surface area contributed by atoms with Gasteiger partial charge in [0.25, 0.3) is 0 Å². The summed E-state index contributed by atoms with van der Waals surface area (Å²) in [6.07, 6.45) is 1.54. The van der Waals surface area contributed by atoms with Gasteiger partial charge in [0.05, 0.1) is 31.0 Å². The molecule has 1 heterocycles. The normalized spacial score (nSPS) is 10.7. The number of esters is 1. The lowest BCUT2D eigenvalue weighted by Crippen LogP contribution is -2.19. The molecule has 9 heteroatoms. The zero-order chi connectivity index (χ0) is 20.6. The topological polar surface area (TPSA) is 116 Å². The van der Waals surface area contributed by atoms with Gasteiger partial charge >= 0.3 is 5.97 Å². The summed E-state index contributed by atoms with van der Waals surface area (Å²) in [6, 6.07) is 13.6. The van der Waals surface area contributed by atoms with Gasteiger partial charge in [0, 0.05) is 5.38 Å². The first kappa shape index (κ1) is 20.0. The largest absolute Gasteiger partial charge is 0.493 e. The Morgan fingerprint density at radius 1 is 1.21 bits per heavy atom. The van der Waals surface area contributed by atoms with E-state index in [0.717, 1.165) is 0 Å². The quantitative estimate of drug-likeness (QED) is 0.268. The van der Waals surface area contributed by atoms with Crippen molar-refractivity contribution in [1.29, 1.82) is 0 Å². The van der Waals surface area contributed by atoms with Crippen molar-refractivity contribution in [2.45, 2.75) is 6.42 Å². The monoisotopic (exact) mass is 410 g/mol. The van der Waals surface area contributed by atoms with E-state index in [4.69, 9.17) is 15.2 Å².